The van der Waals surface area contributed by atoms with E-state index in [-0.39, 0.29) is 16.5 Å². The molecule has 3 aromatic carbocycles. The van der Waals surface area contributed by atoms with Gasteiger partial charge in [-0.3, -0.25) is 10.1 Å². The van der Waals surface area contributed by atoms with Crippen molar-refractivity contribution in [3.05, 3.63) is 104 Å². The number of carbonyl (C=O) groups excluding carboxylic acids is 1. The molecule has 2 N–H and O–H groups in total. The molecule has 0 atom stereocenters. The maximum Gasteiger partial charge on any atom is 0.259 e. The molecule has 0 saturated carbocycles. The molecule has 0 aliphatic rings. The number of rotatable bonds is 5. The van der Waals surface area contributed by atoms with Crippen molar-refractivity contribution in [3.63, 3.8) is 0 Å². The van der Waals surface area contributed by atoms with E-state index in [2.05, 4.69) is 26.0 Å². The predicted octanol–water partition coefficient (Wildman–Crippen LogP) is 6.04. The number of hydrazone groups is 1. The van der Waals surface area contributed by atoms with Gasteiger partial charge in [-0.25, -0.2) is 5.43 Å². The molecule has 32 heavy (non-hydrogen) atoms. The van der Waals surface area contributed by atoms with Crippen molar-refractivity contribution in [1.29, 1.82) is 0 Å². The monoisotopic (exact) mass is 505 g/mol. The van der Waals surface area contributed by atoms with Gasteiger partial charge in [0.2, 0.25) is 5.96 Å². The molecule has 0 fully saturated rings. The van der Waals surface area contributed by atoms with E-state index in [1.54, 1.807) is 54.6 Å². The molecule has 0 aliphatic carbocycles. The lowest BCUT2D eigenvalue weighted by Crippen LogP contribution is -2.38. The number of hydrogen-bond acceptors (Lipinski definition) is 4. The number of nitrogens with one attached hydrogen (secondary N) is 2. The number of hydrogen-bond donors (Lipinski definition) is 2. The van der Waals surface area contributed by atoms with Gasteiger partial charge in [-0.2, -0.15) is 10.2 Å². The fraction of sp³-hybridized carbons (Fsp3) is 0. The van der Waals surface area contributed by atoms with Gasteiger partial charge in [-0.05, 0) is 53.6 Å². The molecule has 0 unspecified atom stereocenters. The topological polar surface area (TPSA) is 78.2 Å². The van der Waals surface area contributed by atoms with Crippen molar-refractivity contribution >= 4 is 70.7 Å². The van der Waals surface area contributed by atoms with Crippen molar-refractivity contribution in [1.82, 2.24) is 10.7 Å². The van der Waals surface area contributed by atoms with Gasteiger partial charge in [0.25, 0.3) is 5.91 Å². The minimum absolute atomic E-state index is 0.0264. The summed E-state index contributed by atoms with van der Waals surface area (Å²) in [5, 5.41) is 16.5. The average Bonchev–Trinajstić information content (AvgIpc) is 2.78. The highest BCUT2D eigenvalue weighted by Crippen LogP contribution is 2.20. The van der Waals surface area contributed by atoms with E-state index in [0.29, 0.717) is 15.1 Å². The average molecular weight is 507 g/mol. The number of benzene rings is 3. The molecule has 0 saturated heterocycles. The molecule has 0 radical (unpaired) electrons. The quantitative estimate of drug-likeness (QED) is 0.251. The molecular weight excluding hydrogens is 492 g/mol. The Morgan fingerprint density at radius 3 is 1.94 bits per heavy atom. The van der Waals surface area contributed by atoms with Gasteiger partial charge in [0.05, 0.1) is 23.0 Å². The fourth-order valence-corrected chi connectivity index (χ4v) is 2.97. The second kappa shape index (κ2) is 11.6. The Hall–Kier alpha value is -2.90. The summed E-state index contributed by atoms with van der Waals surface area (Å²) in [6, 6.07) is 18.6. The first-order chi connectivity index (χ1) is 15.4. The van der Waals surface area contributed by atoms with Crippen molar-refractivity contribution in [2.75, 3.05) is 0 Å². The van der Waals surface area contributed by atoms with Gasteiger partial charge < -0.3 is 0 Å². The molecule has 10 heteroatoms. The van der Waals surface area contributed by atoms with Crippen LogP contribution in [0, 0.1) is 0 Å². The molecule has 0 aliphatic heterocycles. The molecule has 0 aromatic heterocycles. The number of amides is 1. The maximum atomic E-state index is 12.7. The summed E-state index contributed by atoms with van der Waals surface area (Å²) >= 11 is 23.8. The molecule has 162 valence electrons. The minimum Gasteiger partial charge on any atom is -0.289 e. The zero-order valence-electron chi connectivity index (χ0n) is 16.3. The summed E-state index contributed by atoms with van der Waals surface area (Å²) < 4.78 is 0. The first-order valence-corrected chi connectivity index (χ1v) is 10.6. The van der Waals surface area contributed by atoms with E-state index in [1.807, 2.05) is 0 Å². The Balaban J connectivity index is 1.78. The van der Waals surface area contributed by atoms with E-state index < -0.39 is 5.91 Å². The second-order valence-electron chi connectivity index (χ2n) is 6.24. The van der Waals surface area contributed by atoms with Gasteiger partial charge in [0, 0.05) is 15.1 Å². The van der Waals surface area contributed by atoms with Crippen molar-refractivity contribution in [2.24, 2.45) is 15.3 Å². The van der Waals surface area contributed by atoms with Crippen LogP contribution >= 0.6 is 46.4 Å². The fourth-order valence-electron chi connectivity index (χ4n) is 2.34. The molecule has 1 amide bonds. The van der Waals surface area contributed by atoms with Crippen LogP contribution in [0.4, 0.5) is 0 Å². The first kappa shape index (κ1) is 23.8. The summed E-state index contributed by atoms with van der Waals surface area (Å²) in [6.07, 6.45) is 3.03. The molecule has 0 heterocycles. The van der Waals surface area contributed by atoms with Crippen molar-refractivity contribution < 1.29 is 4.79 Å². The number of nitrogens with zero attached hydrogens (tertiary/aromatic N) is 3. The smallest absolute Gasteiger partial charge is 0.259 e. The van der Waals surface area contributed by atoms with E-state index in [9.17, 15) is 4.79 Å². The molecule has 0 spiro atoms. The molecule has 0 bridgehead atoms. The lowest BCUT2D eigenvalue weighted by atomic mass is 10.2. The Kier molecular flexibility index (Phi) is 8.64. The zero-order valence-corrected chi connectivity index (χ0v) is 19.3. The molecule has 6 nitrogen and oxygen atoms in total. The van der Waals surface area contributed by atoms with E-state index in [4.69, 9.17) is 46.4 Å². The van der Waals surface area contributed by atoms with Crippen LogP contribution in [-0.4, -0.2) is 24.3 Å². The Bertz CT molecular complexity index is 1180. The third-order valence-corrected chi connectivity index (χ3v) is 4.96. The van der Waals surface area contributed by atoms with Crippen LogP contribution in [0.1, 0.15) is 21.5 Å². The lowest BCUT2D eigenvalue weighted by molar-refractivity contribution is 0.0976. The molecule has 3 rings (SSSR count). The van der Waals surface area contributed by atoms with E-state index >= 15 is 0 Å². The summed E-state index contributed by atoms with van der Waals surface area (Å²) in [5.41, 5.74) is 4.39. The largest absolute Gasteiger partial charge is 0.289 e. The summed E-state index contributed by atoms with van der Waals surface area (Å²) in [6.45, 7) is 0. The van der Waals surface area contributed by atoms with Gasteiger partial charge in [0.1, 0.15) is 0 Å². The van der Waals surface area contributed by atoms with Crippen LogP contribution in [0.2, 0.25) is 20.1 Å². The summed E-state index contributed by atoms with van der Waals surface area (Å²) in [7, 11) is 0. The predicted molar refractivity (Wildman–Crippen MR) is 133 cm³/mol. The zero-order chi connectivity index (χ0) is 22.9. The highest BCUT2D eigenvalue weighted by Gasteiger charge is 2.13. The third-order valence-electron chi connectivity index (χ3n) is 3.89. The Morgan fingerprint density at radius 1 is 0.750 bits per heavy atom. The number of guanidine groups is 1. The number of carbonyl (C=O) groups is 1. The normalized spacial score (nSPS) is 11.8. The minimum atomic E-state index is -0.535. The van der Waals surface area contributed by atoms with E-state index in [0.717, 1.165) is 11.1 Å². The van der Waals surface area contributed by atoms with Crippen molar-refractivity contribution in [2.45, 2.75) is 0 Å². The van der Waals surface area contributed by atoms with Crippen LogP contribution < -0.4 is 10.7 Å². The van der Waals surface area contributed by atoms with E-state index in [1.165, 1.54) is 24.6 Å². The van der Waals surface area contributed by atoms with Crippen LogP contribution in [0.3, 0.4) is 0 Å². The SMILES string of the molecule is O=C(N/C(=N/N=C/c1ccc(Cl)cc1)N/N=C/c1ccc(Cl)cc1)c1cc(Cl)ccc1Cl. The highest BCUT2D eigenvalue weighted by molar-refractivity contribution is 6.36. The van der Waals surface area contributed by atoms with Crippen LogP contribution in [0.5, 0.6) is 0 Å². The summed E-state index contributed by atoms with van der Waals surface area (Å²) in [5.74, 6) is -0.561. The van der Waals surface area contributed by atoms with Gasteiger partial charge in [-0.1, -0.05) is 70.7 Å². The molecule has 3 aromatic rings. The van der Waals surface area contributed by atoms with Crippen LogP contribution in [-0.2, 0) is 0 Å². The highest BCUT2D eigenvalue weighted by atomic mass is 35.5. The maximum absolute atomic E-state index is 12.7. The Morgan fingerprint density at radius 2 is 1.31 bits per heavy atom. The third kappa shape index (κ3) is 7.35. The van der Waals surface area contributed by atoms with Crippen molar-refractivity contribution in [3.8, 4) is 0 Å². The molecular formula is C22H15Cl4N5O. The number of halogens is 4. The Labute approximate surface area is 204 Å². The lowest BCUT2D eigenvalue weighted by Gasteiger charge is -2.08. The van der Waals surface area contributed by atoms with Crippen LogP contribution in [0.15, 0.2) is 82.0 Å². The van der Waals surface area contributed by atoms with Gasteiger partial charge >= 0.3 is 0 Å². The van der Waals surface area contributed by atoms with Gasteiger partial charge in [-0.15, -0.1) is 5.10 Å². The summed E-state index contributed by atoms with van der Waals surface area (Å²) in [4.78, 5) is 12.7. The second-order valence-corrected chi connectivity index (χ2v) is 7.96. The van der Waals surface area contributed by atoms with Crippen LogP contribution in [0.25, 0.3) is 0 Å². The van der Waals surface area contributed by atoms with Gasteiger partial charge in [0.15, 0.2) is 0 Å². The standard InChI is InChI=1S/C22H15Cl4N5O/c23-16-5-1-14(2-6-16)12-27-30-22(31-28-13-15-3-7-17(24)8-4-15)29-21(32)19-11-18(25)9-10-20(19)26/h1-13H,(H2,29,30,31,32)/b27-12+,28-13+. The first-order valence-electron chi connectivity index (χ1n) is 9.08.